The molecule has 138 valence electrons. The molecular weight excluding hydrogens is 360 g/mol. The lowest BCUT2D eigenvalue weighted by molar-refractivity contribution is -0.120. The molecule has 0 radical (unpaired) electrons. The number of carbonyl (C=O) groups is 1. The molecule has 27 heavy (non-hydrogen) atoms. The number of thiazole rings is 1. The van der Waals surface area contributed by atoms with Crippen molar-refractivity contribution in [2.24, 2.45) is 4.99 Å². The van der Waals surface area contributed by atoms with Crippen molar-refractivity contribution in [3.63, 3.8) is 0 Å². The molecule has 5 nitrogen and oxygen atoms in total. The number of aryl methyl sites for hydroxylation is 1. The summed E-state index contributed by atoms with van der Waals surface area (Å²) in [5.74, 6) is 3.68. The summed E-state index contributed by atoms with van der Waals surface area (Å²) in [6.45, 7) is 4.70. The maximum atomic E-state index is 12.3. The summed E-state index contributed by atoms with van der Waals surface area (Å²) in [6.07, 6.45) is 5.49. The van der Waals surface area contributed by atoms with Crippen molar-refractivity contribution in [2.75, 3.05) is 13.2 Å². The van der Waals surface area contributed by atoms with E-state index in [1.54, 1.807) is 0 Å². The highest BCUT2D eigenvalue weighted by atomic mass is 32.1. The number of fused-ring (bicyclic) bond motifs is 1. The normalized spacial score (nSPS) is 11.4. The number of hydrogen-bond acceptors (Lipinski definition) is 4. The zero-order chi connectivity index (χ0) is 19.2. The molecule has 0 aliphatic carbocycles. The Kier molecular flexibility index (Phi) is 5.94. The third kappa shape index (κ3) is 4.57. The SMILES string of the molecule is C#CCn1c(=NC(=O)COc2cccc(C)c2)sc2cc(OCC)ccc21. The third-order valence-electron chi connectivity index (χ3n) is 3.79. The van der Waals surface area contributed by atoms with Crippen LogP contribution < -0.4 is 14.3 Å². The van der Waals surface area contributed by atoms with E-state index in [0.717, 1.165) is 21.5 Å². The van der Waals surface area contributed by atoms with Crippen LogP contribution in [-0.4, -0.2) is 23.7 Å². The standard InChI is InChI=1S/C21H20N2O3S/c1-4-11-23-18-10-9-17(25-5-2)13-19(18)27-21(23)22-20(24)14-26-16-8-6-7-15(3)12-16/h1,6-10,12-13H,5,11,14H2,2-3H3. The van der Waals surface area contributed by atoms with Crippen LogP contribution in [0.15, 0.2) is 47.5 Å². The molecule has 0 atom stereocenters. The van der Waals surface area contributed by atoms with Crippen molar-refractivity contribution in [1.82, 2.24) is 4.57 Å². The summed E-state index contributed by atoms with van der Waals surface area (Å²) in [7, 11) is 0. The zero-order valence-electron chi connectivity index (χ0n) is 15.3. The Morgan fingerprint density at radius 1 is 1.22 bits per heavy atom. The van der Waals surface area contributed by atoms with Crippen LogP contribution in [0.2, 0.25) is 0 Å². The maximum Gasteiger partial charge on any atom is 0.286 e. The van der Waals surface area contributed by atoms with Gasteiger partial charge in [-0.2, -0.15) is 4.99 Å². The van der Waals surface area contributed by atoms with Crippen molar-refractivity contribution < 1.29 is 14.3 Å². The van der Waals surface area contributed by atoms with E-state index in [2.05, 4.69) is 10.9 Å². The minimum Gasteiger partial charge on any atom is -0.494 e. The van der Waals surface area contributed by atoms with Gasteiger partial charge < -0.3 is 14.0 Å². The van der Waals surface area contributed by atoms with E-state index in [0.29, 0.717) is 23.7 Å². The van der Waals surface area contributed by atoms with Crippen LogP contribution in [0.5, 0.6) is 11.5 Å². The Labute approximate surface area is 161 Å². The van der Waals surface area contributed by atoms with E-state index in [-0.39, 0.29) is 12.5 Å². The summed E-state index contributed by atoms with van der Waals surface area (Å²) in [5, 5.41) is 0. The first kappa shape index (κ1) is 18.7. The van der Waals surface area contributed by atoms with Crippen molar-refractivity contribution >= 4 is 27.5 Å². The summed E-state index contributed by atoms with van der Waals surface area (Å²) in [4.78, 5) is 17.1. The Morgan fingerprint density at radius 3 is 2.78 bits per heavy atom. The van der Waals surface area contributed by atoms with Crippen LogP contribution >= 0.6 is 11.3 Å². The second-order valence-electron chi connectivity index (χ2n) is 5.85. The van der Waals surface area contributed by atoms with Gasteiger partial charge in [0.15, 0.2) is 11.4 Å². The fraction of sp³-hybridized carbons (Fsp3) is 0.238. The van der Waals surface area contributed by atoms with E-state index in [9.17, 15) is 4.79 Å². The summed E-state index contributed by atoms with van der Waals surface area (Å²) in [6, 6.07) is 13.3. The predicted octanol–water partition coefficient (Wildman–Crippen LogP) is 3.55. The monoisotopic (exact) mass is 380 g/mol. The molecule has 0 aliphatic rings. The van der Waals surface area contributed by atoms with Crippen LogP contribution in [0.4, 0.5) is 0 Å². The van der Waals surface area contributed by atoms with E-state index in [4.69, 9.17) is 15.9 Å². The third-order valence-corrected chi connectivity index (χ3v) is 4.83. The van der Waals surface area contributed by atoms with Gasteiger partial charge in [-0.15, -0.1) is 6.42 Å². The van der Waals surface area contributed by atoms with Crippen molar-refractivity contribution in [3.05, 3.63) is 52.8 Å². The number of benzene rings is 2. The molecule has 6 heteroatoms. The van der Waals surface area contributed by atoms with Gasteiger partial charge in [0.2, 0.25) is 0 Å². The Bertz CT molecular complexity index is 1070. The van der Waals surface area contributed by atoms with Crippen LogP contribution in [0.1, 0.15) is 12.5 Å². The van der Waals surface area contributed by atoms with E-state index in [1.165, 1.54) is 11.3 Å². The first-order valence-corrected chi connectivity index (χ1v) is 9.39. The minimum absolute atomic E-state index is 0.127. The lowest BCUT2D eigenvalue weighted by Crippen LogP contribution is -2.19. The Morgan fingerprint density at radius 2 is 2.04 bits per heavy atom. The second kappa shape index (κ2) is 8.56. The van der Waals surface area contributed by atoms with Gasteiger partial charge in [-0.25, -0.2) is 0 Å². The molecule has 1 amide bonds. The number of nitrogens with zero attached hydrogens (tertiary/aromatic N) is 2. The molecule has 0 bridgehead atoms. The minimum atomic E-state index is -0.362. The fourth-order valence-corrected chi connectivity index (χ4v) is 3.70. The first-order valence-electron chi connectivity index (χ1n) is 8.57. The van der Waals surface area contributed by atoms with Gasteiger partial charge in [0.1, 0.15) is 11.5 Å². The van der Waals surface area contributed by atoms with Crippen molar-refractivity contribution in [1.29, 1.82) is 0 Å². The van der Waals surface area contributed by atoms with Gasteiger partial charge in [-0.05, 0) is 49.7 Å². The predicted molar refractivity (Wildman–Crippen MR) is 107 cm³/mol. The number of ether oxygens (including phenoxy) is 2. The van der Waals surface area contributed by atoms with Gasteiger partial charge in [0.25, 0.3) is 5.91 Å². The maximum absolute atomic E-state index is 12.3. The highest BCUT2D eigenvalue weighted by Crippen LogP contribution is 2.23. The molecule has 3 aromatic rings. The van der Waals surface area contributed by atoms with Crippen LogP contribution in [0.3, 0.4) is 0 Å². The molecule has 2 aromatic carbocycles. The quantitative estimate of drug-likeness (QED) is 0.615. The lowest BCUT2D eigenvalue weighted by atomic mass is 10.2. The molecule has 0 unspecified atom stereocenters. The molecule has 0 spiro atoms. The number of hydrogen-bond donors (Lipinski definition) is 0. The molecule has 3 rings (SSSR count). The molecule has 0 aliphatic heterocycles. The molecule has 0 saturated heterocycles. The summed E-state index contributed by atoms with van der Waals surface area (Å²) < 4.78 is 13.9. The molecule has 1 heterocycles. The van der Waals surface area contributed by atoms with Crippen LogP contribution in [0.25, 0.3) is 10.2 Å². The largest absolute Gasteiger partial charge is 0.494 e. The Hall–Kier alpha value is -3.04. The average Bonchev–Trinajstić information content (AvgIpc) is 2.97. The highest BCUT2D eigenvalue weighted by Gasteiger charge is 2.09. The number of amides is 1. The van der Waals surface area contributed by atoms with Crippen molar-refractivity contribution in [3.8, 4) is 23.8 Å². The van der Waals surface area contributed by atoms with Crippen molar-refractivity contribution in [2.45, 2.75) is 20.4 Å². The fourth-order valence-electron chi connectivity index (χ4n) is 2.63. The average molecular weight is 380 g/mol. The lowest BCUT2D eigenvalue weighted by Gasteiger charge is -2.04. The topological polar surface area (TPSA) is 52.8 Å². The van der Waals surface area contributed by atoms with Gasteiger partial charge in [0, 0.05) is 0 Å². The van der Waals surface area contributed by atoms with E-state index < -0.39 is 0 Å². The van der Waals surface area contributed by atoms with Crippen LogP contribution in [0, 0.1) is 19.3 Å². The number of aromatic nitrogens is 1. The van der Waals surface area contributed by atoms with Crippen LogP contribution in [-0.2, 0) is 11.3 Å². The molecule has 0 saturated carbocycles. The smallest absolute Gasteiger partial charge is 0.286 e. The van der Waals surface area contributed by atoms with Gasteiger partial charge in [-0.3, -0.25) is 4.79 Å². The summed E-state index contributed by atoms with van der Waals surface area (Å²) in [5.41, 5.74) is 1.99. The van der Waals surface area contributed by atoms with E-state index >= 15 is 0 Å². The second-order valence-corrected chi connectivity index (χ2v) is 6.86. The molecule has 1 aromatic heterocycles. The van der Waals surface area contributed by atoms with Gasteiger partial charge >= 0.3 is 0 Å². The Balaban J connectivity index is 1.88. The highest BCUT2D eigenvalue weighted by molar-refractivity contribution is 7.16. The summed E-state index contributed by atoms with van der Waals surface area (Å²) >= 11 is 1.40. The zero-order valence-corrected chi connectivity index (χ0v) is 16.1. The van der Waals surface area contributed by atoms with Gasteiger partial charge in [-0.1, -0.05) is 29.4 Å². The molecule has 0 N–H and O–H groups in total. The molecular formula is C21H20N2O3S. The van der Waals surface area contributed by atoms with Gasteiger partial charge in [0.05, 0.1) is 23.4 Å². The number of terminal acetylenes is 1. The number of carbonyl (C=O) groups excluding carboxylic acids is 1. The first-order chi connectivity index (χ1) is 13.1. The number of rotatable bonds is 6. The molecule has 0 fully saturated rings. The van der Waals surface area contributed by atoms with E-state index in [1.807, 2.05) is 60.9 Å².